The van der Waals surface area contributed by atoms with E-state index in [1.165, 1.54) is 25.3 Å². The van der Waals surface area contributed by atoms with Gasteiger partial charge in [-0.25, -0.2) is 8.78 Å². The van der Waals surface area contributed by atoms with E-state index in [0.29, 0.717) is 25.5 Å². The Hall–Kier alpha value is -2.18. The Kier molecular flexibility index (Phi) is 4.92. The number of carbonyl (C=O) groups is 1. The molecule has 4 unspecified atom stereocenters. The van der Waals surface area contributed by atoms with Gasteiger partial charge in [0, 0.05) is 37.7 Å². The molecule has 1 saturated heterocycles. The zero-order valence-electron chi connectivity index (χ0n) is 14.6. The van der Waals surface area contributed by atoms with Crippen molar-refractivity contribution in [2.45, 2.75) is 25.3 Å². The molecular weight excluding hydrogens is 328 g/mol. The highest BCUT2D eigenvalue weighted by Gasteiger charge is 2.44. The van der Waals surface area contributed by atoms with Crippen LogP contribution in [0.4, 0.5) is 8.78 Å². The summed E-state index contributed by atoms with van der Waals surface area (Å²) in [6.07, 6.45) is 0.653. The standard InChI is InChI=1S/C18H23F2N3O2/c1-10-8-23(9-12(10)17(24)25-3)18(21-2)22-15-7-11(15)16-13(19)5-4-6-14(16)20/h4-6,10-12,15H,7-9H2,1-3H3,(H,21,22). The van der Waals surface area contributed by atoms with Crippen molar-refractivity contribution in [1.29, 1.82) is 0 Å². The molecule has 25 heavy (non-hydrogen) atoms. The molecule has 7 heteroatoms. The fraction of sp³-hybridized carbons (Fsp3) is 0.556. The molecule has 0 spiro atoms. The number of methoxy groups -OCH3 is 1. The molecular formula is C18H23F2N3O2. The first-order valence-electron chi connectivity index (χ1n) is 8.46. The topological polar surface area (TPSA) is 53.9 Å². The molecule has 1 heterocycles. The number of carbonyl (C=O) groups excluding carboxylic acids is 1. The fourth-order valence-electron chi connectivity index (χ4n) is 3.60. The number of hydrogen-bond acceptors (Lipinski definition) is 3. The minimum atomic E-state index is -0.509. The predicted molar refractivity (Wildman–Crippen MR) is 90.2 cm³/mol. The molecule has 0 aromatic heterocycles. The van der Waals surface area contributed by atoms with Gasteiger partial charge in [0.1, 0.15) is 11.6 Å². The van der Waals surface area contributed by atoms with Crippen molar-refractivity contribution in [1.82, 2.24) is 10.2 Å². The first-order chi connectivity index (χ1) is 12.0. The van der Waals surface area contributed by atoms with E-state index in [2.05, 4.69) is 10.3 Å². The Morgan fingerprint density at radius 2 is 2.00 bits per heavy atom. The van der Waals surface area contributed by atoms with Crippen LogP contribution >= 0.6 is 0 Å². The summed E-state index contributed by atoms with van der Waals surface area (Å²) in [5.74, 6) is -0.817. The van der Waals surface area contributed by atoms with Crippen LogP contribution in [0.2, 0.25) is 0 Å². The lowest BCUT2D eigenvalue weighted by Crippen LogP contribution is -2.42. The molecule has 2 aliphatic rings. The van der Waals surface area contributed by atoms with Gasteiger partial charge in [0.25, 0.3) is 0 Å². The maximum atomic E-state index is 13.9. The quantitative estimate of drug-likeness (QED) is 0.515. The molecule has 5 nitrogen and oxygen atoms in total. The van der Waals surface area contributed by atoms with Crippen LogP contribution in [-0.4, -0.2) is 50.1 Å². The van der Waals surface area contributed by atoms with Gasteiger partial charge < -0.3 is 15.0 Å². The summed E-state index contributed by atoms with van der Waals surface area (Å²) < 4.78 is 32.7. The third-order valence-corrected chi connectivity index (χ3v) is 5.10. The second-order valence-electron chi connectivity index (χ2n) is 6.79. The van der Waals surface area contributed by atoms with Crippen molar-refractivity contribution < 1.29 is 18.3 Å². The molecule has 0 radical (unpaired) electrons. The Morgan fingerprint density at radius 1 is 1.32 bits per heavy atom. The van der Waals surface area contributed by atoms with Crippen molar-refractivity contribution >= 4 is 11.9 Å². The highest BCUT2D eigenvalue weighted by Crippen LogP contribution is 2.43. The van der Waals surface area contributed by atoms with Crippen molar-refractivity contribution in [3.05, 3.63) is 35.4 Å². The van der Waals surface area contributed by atoms with E-state index in [1.54, 1.807) is 7.05 Å². The van der Waals surface area contributed by atoms with E-state index in [-0.39, 0.29) is 35.3 Å². The van der Waals surface area contributed by atoms with Crippen LogP contribution in [-0.2, 0) is 9.53 Å². The van der Waals surface area contributed by atoms with Crippen LogP contribution in [0.3, 0.4) is 0 Å². The average Bonchev–Trinajstić information content (AvgIpc) is 3.23. The third kappa shape index (κ3) is 3.45. The van der Waals surface area contributed by atoms with Gasteiger partial charge in [0.15, 0.2) is 5.96 Å². The van der Waals surface area contributed by atoms with E-state index in [4.69, 9.17) is 4.74 Å². The normalized spacial score (nSPS) is 28.8. The number of rotatable bonds is 3. The number of guanidine groups is 1. The van der Waals surface area contributed by atoms with Gasteiger partial charge in [-0.2, -0.15) is 0 Å². The monoisotopic (exact) mass is 351 g/mol. The number of nitrogens with zero attached hydrogens (tertiary/aromatic N) is 2. The number of hydrogen-bond donors (Lipinski definition) is 1. The summed E-state index contributed by atoms with van der Waals surface area (Å²) in [5, 5.41) is 3.27. The van der Waals surface area contributed by atoms with Crippen LogP contribution in [0.25, 0.3) is 0 Å². The van der Waals surface area contributed by atoms with Crippen LogP contribution in [0, 0.1) is 23.5 Å². The van der Waals surface area contributed by atoms with Crippen molar-refractivity contribution in [3.8, 4) is 0 Å². The number of likely N-dealkylation sites (tertiary alicyclic amines) is 1. The van der Waals surface area contributed by atoms with Gasteiger partial charge >= 0.3 is 5.97 Å². The summed E-state index contributed by atoms with van der Waals surface area (Å²) in [5.41, 5.74) is 0.137. The zero-order chi connectivity index (χ0) is 18.1. The SMILES string of the molecule is CN=C(NC1CC1c1c(F)cccc1F)N1CC(C)C(C(=O)OC)C1. The molecule has 1 aromatic rings. The first kappa shape index (κ1) is 17.6. The van der Waals surface area contributed by atoms with Gasteiger partial charge in [-0.05, 0) is 24.5 Å². The number of nitrogens with one attached hydrogen (secondary N) is 1. The first-order valence-corrected chi connectivity index (χ1v) is 8.46. The summed E-state index contributed by atoms with van der Waals surface area (Å²) >= 11 is 0. The molecule has 136 valence electrons. The molecule has 1 N–H and O–H groups in total. The summed E-state index contributed by atoms with van der Waals surface area (Å²) in [4.78, 5) is 18.1. The van der Waals surface area contributed by atoms with Crippen LogP contribution in [0.1, 0.15) is 24.8 Å². The molecule has 1 aromatic carbocycles. The molecule has 0 amide bonds. The molecule has 1 saturated carbocycles. The maximum Gasteiger partial charge on any atom is 0.310 e. The maximum absolute atomic E-state index is 13.9. The zero-order valence-corrected chi connectivity index (χ0v) is 14.6. The van der Waals surface area contributed by atoms with Crippen LogP contribution in [0.5, 0.6) is 0 Å². The van der Waals surface area contributed by atoms with Gasteiger partial charge in [0.2, 0.25) is 0 Å². The number of benzene rings is 1. The van der Waals surface area contributed by atoms with Gasteiger partial charge in [0.05, 0.1) is 13.0 Å². The lowest BCUT2D eigenvalue weighted by molar-refractivity contribution is -0.145. The van der Waals surface area contributed by atoms with Crippen molar-refractivity contribution in [2.24, 2.45) is 16.8 Å². The molecule has 3 rings (SSSR count). The molecule has 2 fully saturated rings. The van der Waals surface area contributed by atoms with E-state index >= 15 is 0 Å². The smallest absolute Gasteiger partial charge is 0.310 e. The van der Waals surface area contributed by atoms with Crippen molar-refractivity contribution in [2.75, 3.05) is 27.2 Å². The second-order valence-corrected chi connectivity index (χ2v) is 6.79. The molecule has 1 aliphatic carbocycles. The number of halogens is 2. The highest BCUT2D eigenvalue weighted by atomic mass is 19.1. The van der Waals surface area contributed by atoms with E-state index in [0.717, 1.165) is 0 Å². The molecule has 0 bridgehead atoms. The Balaban J connectivity index is 1.64. The highest BCUT2D eigenvalue weighted by molar-refractivity contribution is 5.83. The van der Waals surface area contributed by atoms with E-state index in [1.807, 2.05) is 11.8 Å². The van der Waals surface area contributed by atoms with Gasteiger partial charge in [-0.15, -0.1) is 0 Å². The summed E-state index contributed by atoms with van der Waals surface area (Å²) in [6.45, 7) is 3.22. The lowest BCUT2D eigenvalue weighted by Gasteiger charge is -2.21. The number of esters is 1. The Morgan fingerprint density at radius 3 is 2.60 bits per heavy atom. The second kappa shape index (κ2) is 6.98. The predicted octanol–water partition coefficient (Wildman–Crippen LogP) is 2.14. The summed E-state index contributed by atoms with van der Waals surface area (Å²) in [6, 6.07) is 3.88. The number of ether oxygens (including phenoxy) is 1. The van der Waals surface area contributed by atoms with Crippen LogP contribution < -0.4 is 5.32 Å². The molecule has 4 atom stereocenters. The third-order valence-electron chi connectivity index (χ3n) is 5.10. The largest absolute Gasteiger partial charge is 0.469 e. The van der Waals surface area contributed by atoms with Crippen molar-refractivity contribution in [3.63, 3.8) is 0 Å². The van der Waals surface area contributed by atoms with E-state index < -0.39 is 11.6 Å². The number of aliphatic imine (C=N–C) groups is 1. The molecule has 1 aliphatic heterocycles. The fourth-order valence-corrected chi connectivity index (χ4v) is 3.60. The minimum absolute atomic E-state index is 0.0578. The minimum Gasteiger partial charge on any atom is -0.469 e. The van der Waals surface area contributed by atoms with Gasteiger partial charge in [-0.1, -0.05) is 13.0 Å². The lowest BCUT2D eigenvalue weighted by atomic mass is 9.99. The average molecular weight is 351 g/mol. The van der Waals surface area contributed by atoms with E-state index in [9.17, 15) is 13.6 Å². The Bertz CT molecular complexity index is 675. The van der Waals surface area contributed by atoms with Crippen LogP contribution in [0.15, 0.2) is 23.2 Å². The van der Waals surface area contributed by atoms with Gasteiger partial charge in [-0.3, -0.25) is 9.79 Å². The summed E-state index contributed by atoms with van der Waals surface area (Å²) in [7, 11) is 3.06. The Labute approximate surface area is 146 Å².